The highest BCUT2D eigenvalue weighted by Gasteiger charge is 2.24. The van der Waals surface area contributed by atoms with Crippen molar-refractivity contribution < 1.29 is 4.74 Å². The summed E-state index contributed by atoms with van der Waals surface area (Å²) in [4.78, 5) is 0. The summed E-state index contributed by atoms with van der Waals surface area (Å²) >= 11 is 0. The summed E-state index contributed by atoms with van der Waals surface area (Å²) < 4.78 is 5.35. The second kappa shape index (κ2) is 5.72. The van der Waals surface area contributed by atoms with Crippen LogP contribution in [0.5, 0.6) is 0 Å². The molecule has 1 aliphatic rings. The van der Waals surface area contributed by atoms with Crippen LogP contribution in [0.2, 0.25) is 0 Å². The molecule has 84 valence electrons. The molecule has 1 rings (SSSR count). The van der Waals surface area contributed by atoms with Crippen molar-refractivity contribution in [3.8, 4) is 0 Å². The molecular weight excluding hydrogens is 174 g/mol. The SMILES string of the molecule is CCOCCCC(C)(C)CNC1CC1. The van der Waals surface area contributed by atoms with Gasteiger partial charge in [0.1, 0.15) is 0 Å². The first-order valence-electron chi connectivity index (χ1n) is 5.95. The van der Waals surface area contributed by atoms with Gasteiger partial charge in [-0.1, -0.05) is 13.8 Å². The average molecular weight is 199 g/mol. The van der Waals surface area contributed by atoms with Crippen LogP contribution in [0.25, 0.3) is 0 Å². The van der Waals surface area contributed by atoms with Crippen molar-refractivity contribution in [2.45, 2.75) is 52.5 Å². The Morgan fingerprint density at radius 3 is 2.64 bits per heavy atom. The maximum Gasteiger partial charge on any atom is 0.0466 e. The third-order valence-corrected chi connectivity index (χ3v) is 2.79. The minimum absolute atomic E-state index is 0.430. The quantitative estimate of drug-likeness (QED) is 0.607. The minimum atomic E-state index is 0.430. The van der Waals surface area contributed by atoms with Crippen LogP contribution in [0.15, 0.2) is 0 Å². The van der Waals surface area contributed by atoms with E-state index in [4.69, 9.17) is 4.74 Å². The Bertz CT molecular complexity index is 152. The lowest BCUT2D eigenvalue weighted by molar-refractivity contribution is 0.132. The number of hydrogen-bond donors (Lipinski definition) is 1. The Balaban J connectivity index is 1.99. The van der Waals surface area contributed by atoms with E-state index in [1.165, 1.54) is 25.7 Å². The van der Waals surface area contributed by atoms with E-state index >= 15 is 0 Å². The summed E-state index contributed by atoms with van der Waals surface area (Å²) in [6.45, 7) is 9.66. The number of rotatable bonds is 8. The molecule has 1 saturated carbocycles. The zero-order chi connectivity index (χ0) is 10.4. The molecule has 2 nitrogen and oxygen atoms in total. The highest BCUT2D eigenvalue weighted by Crippen LogP contribution is 2.25. The topological polar surface area (TPSA) is 21.3 Å². The predicted octanol–water partition coefficient (Wildman–Crippen LogP) is 2.58. The molecule has 0 amide bonds. The molecule has 0 spiro atoms. The Kier molecular flexibility index (Phi) is 4.90. The van der Waals surface area contributed by atoms with Crippen molar-refractivity contribution >= 4 is 0 Å². The zero-order valence-electron chi connectivity index (χ0n) is 9.94. The summed E-state index contributed by atoms with van der Waals surface area (Å²) in [7, 11) is 0. The van der Waals surface area contributed by atoms with E-state index in [1.807, 2.05) is 0 Å². The van der Waals surface area contributed by atoms with Gasteiger partial charge in [-0.2, -0.15) is 0 Å². The van der Waals surface area contributed by atoms with Crippen molar-refractivity contribution in [1.82, 2.24) is 5.32 Å². The van der Waals surface area contributed by atoms with Gasteiger partial charge in [-0.25, -0.2) is 0 Å². The maximum absolute atomic E-state index is 5.35. The van der Waals surface area contributed by atoms with Crippen LogP contribution in [0, 0.1) is 5.41 Å². The van der Waals surface area contributed by atoms with Crippen LogP contribution in [-0.4, -0.2) is 25.8 Å². The summed E-state index contributed by atoms with van der Waals surface area (Å²) in [5.41, 5.74) is 0.430. The number of nitrogens with one attached hydrogen (secondary N) is 1. The molecule has 0 aromatic rings. The molecule has 0 aromatic heterocycles. The fraction of sp³-hybridized carbons (Fsp3) is 1.00. The van der Waals surface area contributed by atoms with Gasteiger partial charge in [0, 0.05) is 25.8 Å². The zero-order valence-corrected chi connectivity index (χ0v) is 9.94. The molecule has 0 heterocycles. The molecular formula is C12H25NO. The van der Waals surface area contributed by atoms with E-state index < -0.39 is 0 Å². The summed E-state index contributed by atoms with van der Waals surface area (Å²) in [5, 5.41) is 3.60. The largest absolute Gasteiger partial charge is 0.382 e. The molecule has 0 bridgehead atoms. The van der Waals surface area contributed by atoms with E-state index in [-0.39, 0.29) is 0 Å². The summed E-state index contributed by atoms with van der Waals surface area (Å²) in [5.74, 6) is 0. The van der Waals surface area contributed by atoms with Gasteiger partial charge >= 0.3 is 0 Å². The normalized spacial score (nSPS) is 17.4. The number of hydrogen-bond acceptors (Lipinski definition) is 2. The summed E-state index contributed by atoms with van der Waals surface area (Å²) in [6.07, 6.45) is 5.21. The van der Waals surface area contributed by atoms with Crippen LogP contribution in [0.1, 0.15) is 46.5 Å². The molecule has 1 fully saturated rings. The van der Waals surface area contributed by atoms with Crippen LogP contribution in [0.4, 0.5) is 0 Å². The smallest absolute Gasteiger partial charge is 0.0466 e. The van der Waals surface area contributed by atoms with E-state index in [0.29, 0.717) is 5.41 Å². The van der Waals surface area contributed by atoms with Crippen LogP contribution < -0.4 is 5.32 Å². The van der Waals surface area contributed by atoms with Crippen molar-refractivity contribution in [3.05, 3.63) is 0 Å². The highest BCUT2D eigenvalue weighted by atomic mass is 16.5. The van der Waals surface area contributed by atoms with Gasteiger partial charge in [-0.05, 0) is 38.0 Å². The van der Waals surface area contributed by atoms with Crippen molar-refractivity contribution in [1.29, 1.82) is 0 Å². The van der Waals surface area contributed by atoms with E-state index in [9.17, 15) is 0 Å². The van der Waals surface area contributed by atoms with Gasteiger partial charge in [0.15, 0.2) is 0 Å². The second-order valence-corrected chi connectivity index (χ2v) is 5.12. The fourth-order valence-electron chi connectivity index (χ4n) is 1.59. The second-order valence-electron chi connectivity index (χ2n) is 5.12. The lowest BCUT2D eigenvalue weighted by Gasteiger charge is -2.25. The molecule has 0 aliphatic heterocycles. The minimum Gasteiger partial charge on any atom is -0.382 e. The lowest BCUT2D eigenvalue weighted by atomic mass is 9.88. The third-order valence-electron chi connectivity index (χ3n) is 2.79. The molecule has 0 atom stereocenters. The fourth-order valence-corrected chi connectivity index (χ4v) is 1.59. The molecule has 1 aliphatic carbocycles. The summed E-state index contributed by atoms with van der Waals surface area (Å²) in [6, 6.07) is 0.834. The molecule has 0 saturated heterocycles. The first-order valence-corrected chi connectivity index (χ1v) is 5.95. The molecule has 1 N–H and O–H groups in total. The van der Waals surface area contributed by atoms with E-state index in [0.717, 1.165) is 25.8 Å². The van der Waals surface area contributed by atoms with Crippen LogP contribution in [0.3, 0.4) is 0 Å². The van der Waals surface area contributed by atoms with Crippen molar-refractivity contribution in [3.63, 3.8) is 0 Å². The Morgan fingerprint density at radius 1 is 1.36 bits per heavy atom. The maximum atomic E-state index is 5.35. The van der Waals surface area contributed by atoms with Gasteiger partial charge in [-0.15, -0.1) is 0 Å². The monoisotopic (exact) mass is 199 g/mol. The van der Waals surface area contributed by atoms with Crippen LogP contribution >= 0.6 is 0 Å². The Morgan fingerprint density at radius 2 is 2.07 bits per heavy atom. The van der Waals surface area contributed by atoms with Gasteiger partial charge in [0.05, 0.1) is 0 Å². The first kappa shape index (κ1) is 12.0. The van der Waals surface area contributed by atoms with E-state index in [2.05, 4.69) is 26.1 Å². The molecule has 0 unspecified atom stereocenters. The standard InChI is InChI=1S/C12H25NO/c1-4-14-9-5-8-12(2,3)10-13-11-6-7-11/h11,13H,4-10H2,1-3H3. The Labute approximate surface area is 88.4 Å². The van der Waals surface area contributed by atoms with Crippen molar-refractivity contribution in [2.75, 3.05) is 19.8 Å². The van der Waals surface area contributed by atoms with Gasteiger partial charge in [-0.3, -0.25) is 0 Å². The van der Waals surface area contributed by atoms with Gasteiger partial charge in [0.2, 0.25) is 0 Å². The Hall–Kier alpha value is -0.0800. The lowest BCUT2D eigenvalue weighted by Crippen LogP contribution is -2.31. The number of ether oxygens (including phenoxy) is 1. The van der Waals surface area contributed by atoms with Crippen molar-refractivity contribution in [2.24, 2.45) is 5.41 Å². The van der Waals surface area contributed by atoms with E-state index in [1.54, 1.807) is 0 Å². The molecule has 0 aromatic carbocycles. The average Bonchev–Trinajstić information content (AvgIpc) is 2.93. The third kappa shape index (κ3) is 5.61. The van der Waals surface area contributed by atoms with Gasteiger partial charge < -0.3 is 10.1 Å². The molecule has 0 radical (unpaired) electrons. The molecule has 2 heteroatoms. The first-order chi connectivity index (χ1) is 6.64. The van der Waals surface area contributed by atoms with Crippen LogP contribution in [-0.2, 0) is 4.74 Å². The predicted molar refractivity (Wildman–Crippen MR) is 60.5 cm³/mol. The highest BCUT2D eigenvalue weighted by molar-refractivity contribution is 4.83. The molecule has 14 heavy (non-hydrogen) atoms. The van der Waals surface area contributed by atoms with Gasteiger partial charge in [0.25, 0.3) is 0 Å².